The van der Waals surface area contributed by atoms with Crippen LogP contribution in [-0.2, 0) is 13.2 Å². The van der Waals surface area contributed by atoms with E-state index in [2.05, 4.69) is 40.2 Å². The van der Waals surface area contributed by atoms with Gasteiger partial charge in [0.25, 0.3) is 5.91 Å². The number of aromatic nitrogens is 2. The first-order valence-corrected chi connectivity index (χ1v) is 11.5. The van der Waals surface area contributed by atoms with Crippen LogP contribution in [0.2, 0.25) is 0 Å². The van der Waals surface area contributed by atoms with E-state index in [1.54, 1.807) is 10.7 Å². The number of benzene rings is 2. The van der Waals surface area contributed by atoms with Gasteiger partial charge in [0, 0.05) is 22.3 Å². The van der Waals surface area contributed by atoms with E-state index in [-0.39, 0.29) is 5.91 Å². The number of aryl methyl sites for hydroxylation is 2. The maximum atomic E-state index is 12.6. The highest BCUT2D eigenvalue weighted by Gasteiger charge is 2.12. The monoisotopic (exact) mass is 495 g/mol. The molecule has 0 radical (unpaired) electrons. The van der Waals surface area contributed by atoms with Crippen LogP contribution in [0.15, 0.2) is 70.6 Å². The molecule has 1 N–H and O–H groups in total. The lowest BCUT2D eigenvalue weighted by molar-refractivity contribution is 0.103. The maximum absolute atomic E-state index is 12.6. The van der Waals surface area contributed by atoms with Crippen LogP contribution in [0.1, 0.15) is 31.9 Å². The van der Waals surface area contributed by atoms with Gasteiger partial charge in [-0.25, -0.2) is 0 Å². The molecule has 0 aliphatic rings. The number of hydrogen-bond donors (Lipinski definition) is 1. The lowest BCUT2D eigenvalue weighted by atomic mass is 10.1. The van der Waals surface area contributed by atoms with E-state index in [0.717, 1.165) is 21.3 Å². The third kappa shape index (κ3) is 5.62. The van der Waals surface area contributed by atoms with Crippen molar-refractivity contribution in [2.75, 3.05) is 5.32 Å². The van der Waals surface area contributed by atoms with Crippen molar-refractivity contribution in [3.8, 4) is 5.75 Å². The molecule has 4 rings (SSSR count). The fourth-order valence-corrected chi connectivity index (χ4v) is 4.07. The quantitative estimate of drug-likeness (QED) is 0.331. The molecule has 0 saturated heterocycles. The number of carbonyl (C=O) groups excluding carboxylic acids is 1. The van der Waals surface area contributed by atoms with Gasteiger partial charge >= 0.3 is 0 Å². The average molecular weight is 496 g/mol. The summed E-state index contributed by atoms with van der Waals surface area (Å²) < 4.78 is 8.71. The van der Waals surface area contributed by atoms with Crippen LogP contribution in [0.5, 0.6) is 5.75 Å². The number of amides is 1. The van der Waals surface area contributed by atoms with Gasteiger partial charge in [0.2, 0.25) is 0 Å². The predicted octanol–water partition coefficient (Wildman–Crippen LogP) is 6.20. The second kappa shape index (κ2) is 9.49. The molecule has 2 aromatic carbocycles. The van der Waals surface area contributed by atoms with E-state index in [1.165, 1.54) is 22.5 Å². The van der Waals surface area contributed by atoms with Crippen molar-refractivity contribution >= 4 is 39.0 Å². The summed E-state index contributed by atoms with van der Waals surface area (Å²) in [5.74, 6) is 1.19. The van der Waals surface area contributed by atoms with E-state index < -0.39 is 0 Å². The molecule has 7 heteroatoms. The molecule has 5 nitrogen and oxygen atoms in total. The Morgan fingerprint density at radius 3 is 2.65 bits per heavy atom. The van der Waals surface area contributed by atoms with Gasteiger partial charge in [-0.1, -0.05) is 34.1 Å². The number of halogens is 1. The van der Waals surface area contributed by atoms with Gasteiger partial charge in [-0.3, -0.25) is 9.48 Å². The van der Waals surface area contributed by atoms with Crippen LogP contribution < -0.4 is 10.1 Å². The number of carbonyl (C=O) groups is 1. The van der Waals surface area contributed by atoms with E-state index in [9.17, 15) is 4.79 Å². The Labute approximate surface area is 193 Å². The normalized spacial score (nSPS) is 10.8. The van der Waals surface area contributed by atoms with Gasteiger partial charge in [-0.05, 0) is 66.2 Å². The summed E-state index contributed by atoms with van der Waals surface area (Å²) in [4.78, 5) is 13.2. The van der Waals surface area contributed by atoms with Crippen LogP contribution in [-0.4, -0.2) is 15.7 Å². The molecule has 2 heterocycles. The molecule has 0 atom stereocenters. The Bertz CT molecular complexity index is 1200. The Balaban J connectivity index is 1.33. The number of anilines is 1. The third-order valence-corrected chi connectivity index (χ3v) is 6.41. The zero-order chi connectivity index (χ0) is 21.8. The van der Waals surface area contributed by atoms with Gasteiger partial charge in [0.15, 0.2) is 5.82 Å². The van der Waals surface area contributed by atoms with Crippen molar-refractivity contribution < 1.29 is 9.53 Å². The molecular weight excluding hydrogens is 474 g/mol. The lowest BCUT2D eigenvalue weighted by Crippen LogP contribution is -2.11. The van der Waals surface area contributed by atoms with E-state index >= 15 is 0 Å². The highest BCUT2D eigenvalue weighted by atomic mass is 79.9. The van der Waals surface area contributed by atoms with Gasteiger partial charge in [0.05, 0.1) is 11.4 Å². The Hall–Kier alpha value is -2.90. The van der Waals surface area contributed by atoms with Crippen LogP contribution in [0.25, 0.3) is 0 Å². The second-order valence-electron chi connectivity index (χ2n) is 7.33. The summed E-state index contributed by atoms with van der Waals surface area (Å²) in [5, 5.41) is 9.26. The second-order valence-corrected chi connectivity index (χ2v) is 9.16. The number of rotatable bonds is 7. The highest BCUT2D eigenvalue weighted by molar-refractivity contribution is 9.10. The number of nitrogens with zero attached hydrogens (tertiary/aromatic N) is 2. The zero-order valence-electron chi connectivity index (χ0n) is 17.3. The molecule has 4 aromatic rings. The molecule has 2 aromatic heterocycles. The number of hydrogen-bond acceptors (Lipinski definition) is 4. The maximum Gasteiger partial charge on any atom is 0.266 e. The first-order chi connectivity index (χ1) is 15.0. The minimum absolute atomic E-state index is 0.170. The molecule has 0 spiro atoms. The Morgan fingerprint density at radius 1 is 1.06 bits per heavy atom. The van der Waals surface area contributed by atoms with Crippen molar-refractivity contribution in [2.45, 2.75) is 27.0 Å². The van der Waals surface area contributed by atoms with Crippen molar-refractivity contribution in [3.63, 3.8) is 0 Å². The molecule has 0 aliphatic heterocycles. The minimum Gasteiger partial charge on any atom is -0.489 e. The minimum atomic E-state index is -0.170. The summed E-state index contributed by atoms with van der Waals surface area (Å²) in [7, 11) is 0. The molecule has 1 amide bonds. The predicted molar refractivity (Wildman–Crippen MR) is 128 cm³/mol. The van der Waals surface area contributed by atoms with Crippen molar-refractivity contribution in [1.29, 1.82) is 0 Å². The fourth-order valence-electron chi connectivity index (χ4n) is 3.01. The Kier molecular flexibility index (Phi) is 6.53. The smallest absolute Gasteiger partial charge is 0.266 e. The first-order valence-electron chi connectivity index (χ1n) is 9.83. The number of thiophene rings is 1. The van der Waals surface area contributed by atoms with Crippen LogP contribution in [0.3, 0.4) is 0 Å². The van der Waals surface area contributed by atoms with Gasteiger partial charge in [-0.2, -0.15) is 5.10 Å². The first kappa shape index (κ1) is 21.3. The van der Waals surface area contributed by atoms with E-state index in [0.29, 0.717) is 23.8 Å². The Morgan fingerprint density at radius 2 is 1.87 bits per heavy atom. The summed E-state index contributed by atoms with van der Waals surface area (Å²) in [6, 6.07) is 17.8. The molecule has 0 saturated carbocycles. The van der Waals surface area contributed by atoms with E-state index in [4.69, 9.17) is 4.74 Å². The number of nitrogens with one attached hydrogen (secondary N) is 1. The fraction of sp³-hybridized carbons (Fsp3) is 0.167. The summed E-state index contributed by atoms with van der Waals surface area (Å²) in [6.07, 6.45) is 1.86. The molecule has 31 heavy (non-hydrogen) atoms. The molecular formula is C24H22BrN3O2S. The highest BCUT2D eigenvalue weighted by Crippen LogP contribution is 2.21. The van der Waals surface area contributed by atoms with Gasteiger partial charge < -0.3 is 10.1 Å². The molecule has 158 valence electrons. The lowest BCUT2D eigenvalue weighted by Gasteiger charge is -2.07. The van der Waals surface area contributed by atoms with Crippen molar-refractivity contribution in [3.05, 3.63) is 97.8 Å². The molecule has 0 unspecified atom stereocenters. The average Bonchev–Trinajstić information content (AvgIpc) is 3.40. The molecule has 0 aliphatic carbocycles. The summed E-state index contributed by atoms with van der Waals surface area (Å²) in [6.45, 7) is 5.21. The van der Waals surface area contributed by atoms with E-state index in [1.807, 2.05) is 60.1 Å². The third-order valence-electron chi connectivity index (χ3n) is 4.90. The van der Waals surface area contributed by atoms with Gasteiger partial charge in [0.1, 0.15) is 12.4 Å². The SMILES string of the molecule is Cc1ccc(OCc2csc(C(=O)Nc3ccn(Cc4ccc(Br)cc4)n3)c2)cc1C. The topological polar surface area (TPSA) is 56.1 Å². The zero-order valence-corrected chi connectivity index (χ0v) is 19.7. The number of ether oxygens (including phenoxy) is 1. The molecule has 0 fully saturated rings. The summed E-state index contributed by atoms with van der Waals surface area (Å²) >= 11 is 4.83. The van der Waals surface area contributed by atoms with Crippen molar-refractivity contribution in [2.24, 2.45) is 0 Å². The standard InChI is InChI=1S/C24H22BrN3O2S/c1-16-3-8-21(11-17(16)2)30-14-19-12-22(31-15-19)24(29)26-23-9-10-28(27-23)13-18-4-6-20(25)7-5-18/h3-12,15H,13-14H2,1-2H3,(H,26,27,29). The van der Waals surface area contributed by atoms with Crippen LogP contribution in [0.4, 0.5) is 5.82 Å². The van der Waals surface area contributed by atoms with Crippen LogP contribution in [0, 0.1) is 13.8 Å². The molecule has 0 bridgehead atoms. The largest absolute Gasteiger partial charge is 0.489 e. The van der Waals surface area contributed by atoms with Crippen LogP contribution >= 0.6 is 27.3 Å². The van der Waals surface area contributed by atoms with Gasteiger partial charge in [-0.15, -0.1) is 11.3 Å². The summed E-state index contributed by atoms with van der Waals surface area (Å²) in [5.41, 5.74) is 4.54. The van der Waals surface area contributed by atoms with Crippen molar-refractivity contribution in [1.82, 2.24) is 9.78 Å².